The summed E-state index contributed by atoms with van der Waals surface area (Å²) >= 11 is 0. The number of benzene rings is 2. The molecular formula is C17H15N3O2. The molecule has 2 aromatic carbocycles. The van der Waals surface area contributed by atoms with Crippen LogP contribution in [0.3, 0.4) is 0 Å². The number of amides is 2. The zero-order chi connectivity index (χ0) is 15.7. The zero-order valence-corrected chi connectivity index (χ0v) is 12.3. The van der Waals surface area contributed by atoms with Crippen LogP contribution >= 0.6 is 0 Å². The first-order valence-corrected chi connectivity index (χ1v) is 6.98. The lowest BCUT2D eigenvalue weighted by atomic mass is 10.0. The minimum absolute atomic E-state index is 0.189. The standard InChI is InChI=1S/C17H15N3O2/c1-10-7-8-13(18-11(2)21)12(9-10)16-17(22)20-15-6-4-3-5-14(15)19-16/h3-9,16H,1-2H3,(H,18,21). The second-order valence-electron chi connectivity index (χ2n) is 5.24. The molecule has 1 atom stereocenters. The molecule has 2 aromatic rings. The number of para-hydroxylation sites is 2. The van der Waals surface area contributed by atoms with Crippen LogP contribution in [-0.2, 0) is 9.59 Å². The van der Waals surface area contributed by atoms with E-state index in [1.807, 2.05) is 37.3 Å². The Morgan fingerprint density at radius 1 is 1.14 bits per heavy atom. The van der Waals surface area contributed by atoms with Gasteiger partial charge in [-0.25, -0.2) is 4.99 Å². The van der Waals surface area contributed by atoms with Crippen LogP contribution in [0.15, 0.2) is 52.4 Å². The molecular weight excluding hydrogens is 278 g/mol. The van der Waals surface area contributed by atoms with Crippen molar-refractivity contribution in [3.05, 3.63) is 64.3 Å². The highest BCUT2D eigenvalue weighted by Gasteiger charge is 2.24. The maximum absolute atomic E-state index is 12.3. The van der Waals surface area contributed by atoms with E-state index in [2.05, 4.69) is 15.3 Å². The maximum atomic E-state index is 12.3. The molecule has 1 unspecified atom stereocenters. The fourth-order valence-electron chi connectivity index (χ4n) is 2.46. The van der Waals surface area contributed by atoms with Crippen LogP contribution in [0.4, 0.5) is 5.69 Å². The predicted octanol–water partition coefficient (Wildman–Crippen LogP) is 1.47. The van der Waals surface area contributed by atoms with Gasteiger partial charge in [0.2, 0.25) is 5.91 Å². The summed E-state index contributed by atoms with van der Waals surface area (Å²) < 4.78 is 0. The van der Waals surface area contributed by atoms with Crippen molar-refractivity contribution in [2.24, 2.45) is 9.98 Å². The topological polar surface area (TPSA) is 70.9 Å². The van der Waals surface area contributed by atoms with Gasteiger partial charge in [0.1, 0.15) is 0 Å². The lowest BCUT2D eigenvalue weighted by Gasteiger charge is -2.17. The zero-order valence-electron chi connectivity index (χ0n) is 12.3. The van der Waals surface area contributed by atoms with Gasteiger partial charge in [-0.1, -0.05) is 29.8 Å². The summed E-state index contributed by atoms with van der Waals surface area (Å²) in [5, 5.41) is 4.01. The molecule has 0 saturated heterocycles. The number of anilines is 1. The van der Waals surface area contributed by atoms with Crippen LogP contribution in [0.25, 0.3) is 0 Å². The van der Waals surface area contributed by atoms with Gasteiger partial charge in [0.25, 0.3) is 5.91 Å². The van der Waals surface area contributed by atoms with E-state index in [4.69, 9.17) is 0 Å². The van der Waals surface area contributed by atoms with Gasteiger partial charge in [0.05, 0.1) is 10.7 Å². The SMILES string of the molecule is CC(=O)Nc1ccc(C)cc1C1N=c2ccccc2=NC1=O. The third-order valence-corrected chi connectivity index (χ3v) is 3.43. The molecule has 1 aliphatic rings. The van der Waals surface area contributed by atoms with Crippen LogP contribution < -0.4 is 16.0 Å². The highest BCUT2D eigenvalue weighted by atomic mass is 16.2. The Morgan fingerprint density at radius 2 is 1.86 bits per heavy atom. The molecule has 5 nitrogen and oxygen atoms in total. The Morgan fingerprint density at radius 3 is 2.59 bits per heavy atom. The van der Waals surface area contributed by atoms with Crippen molar-refractivity contribution in [2.75, 3.05) is 5.32 Å². The average Bonchev–Trinajstić information content (AvgIpc) is 2.48. The molecule has 1 N–H and O–H groups in total. The summed E-state index contributed by atoms with van der Waals surface area (Å²) in [6.07, 6.45) is 0. The van der Waals surface area contributed by atoms with Crippen molar-refractivity contribution in [3.8, 4) is 0 Å². The molecule has 0 aromatic heterocycles. The summed E-state index contributed by atoms with van der Waals surface area (Å²) in [4.78, 5) is 32.3. The molecule has 0 saturated carbocycles. The first-order chi connectivity index (χ1) is 10.5. The molecule has 0 spiro atoms. The molecule has 2 amide bonds. The third kappa shape index (κ3) is 2.65. The minimum Gasteiger partial charge on any atom is -0.326 e. The quantitative estimate of drug-likeness (QED) is 0.911. The van der Waals surface area contributed by atoms with E-state index in [1.165, 1.54) is 6.92 Å². The monoisotopic (exact) mass is 293 g/mol. The van der Waals surface area contributed by atoms with Crippen molar-refractivity contribution in [2.45, 2.75) is 19.9 Å². The Labute approximate surface area is 127 Å². The van der Waals surface area contributed by atoms with Gasteiger partial charge >= 0.3 is 0 Å². The van der Waals surface area contributed by atoms with Crippen LogP contribution in [0.2, 0.25) is 0 Å². The van der Waals surface area contributed by atoms with Gasteiger partial charge in [0, 0.05) is 18.2 Å². The number of hydrogen-bond acceptors (Lipinski definition) is 3. The van der Waals surface area contributed by atoms with Crippen molar-refractivity contribution in [3.63, 3.8) is 0 Å². The van der Waals surface area contributed by atoms with E-state index in [0.717, 1.165) is 5.56 Å². The van der Waals surface area contributed by atoms with Gasteiger partial charge in [-0.05, 0) is 25.1 Å². The van der Waals surface area contributed by atoms with Gasteiger partial charge in [-0.3, -0.25) is 14.6 Å². The normalized spacial score (nSPS) is 16.3. The molecule has 3 rings (SSSR count). The van der Waals surface area contributed by atoms with Crippen LogP contribution in [0.1, 0.15) is 24.1 Å². The van der Waals surface area contributed by atoms with Gasteiger partial charge < -0.3 is 5.32 Å². The van der Waals surface area contributed by atoms with E-state index in [-0.39, 0.29) is 11.8 Å². The highest BCUT2D eigenvalue weighted by molar-refractivity contribution is 5.92. The Balaban J connectivity index is 2.15. The summed E-state index contributed by atoms with van der Waals surface area (Å²) in [7, 11) is 0. The summed E-state index contributed by atoms with van der Waals surface area (Å²) in [6.45, 7) is 3.36. The fraction of sp³-hybridized carbons (Fsp3) is 0.176. The Hall–Kier alpha value is -2.82. The lowest BCUT2D eigenvalue weighted by Crippen LogP contribution is -2.33. The highest BCUT2D eigenvalue weighted by Crippen LogP contribution is 2.28. The van der Waals surface area contributed by atoms with E-state index in [9.17, 15) is 9.59 Å². The van der Waals surface area contributed by atoms with Crippen molar-refractivity contribution < 1.29 is 9.59 Å². The van der Waals surface area contributed by atoms with E-state index in [1.54, 1.807) is 12.1 Å². The molecule has 1 heterocycles. The largest absolute Gasteiger partial charge is 0.326 e. The van der Waals surface area contributed by atoms with Gasteiger partial charge in [-0.2, -0.15) is 0 Å². The maximum Gasteiger partial charge on any atom is 0.275 e. The Bertz CT molecular complexity index is 887. The summed E-state index contributed by atoms with van der Waals surface area (Å²) in [5.41, 5.74) is 2.25. The molecule has 0 fully saturated rings. The molecule has 110 valence electrons. The van der Waals surface area contributed by atoms with Crippen LogP contribution in [-0.4, -0.2) is 11.8 Å². The first-order valence-electron chi connectivity index (χ1n) is 6.98. The average molecular weight is 293 g/mol. The minimum atomic E-state index is -0.725. The number of aryl methyl sites for hydroxylation is 1. The third-order valence-electron chi connectivity index (χ3n) is 3.43. The molecule has 1 aliphatic heterocycles. The summed E-state index contributed by atoms with van der Waals surface area (Å²) in [6, 6.07) is 12.1. The second kappa shape index (κ2) is 5.52. The van der Waals surface area contributed by atoms with E-state index < -0.39 is 6.04 Å². The van der Waals surface area contributed by atoms with Gasteiger partial charge in [0.15, 0.2) is 6.04 Å². The first kappa shape index (κ1) is 14.1. The number of rotatable bonds is 2. The smallest absolute Gasteiger partial charge is 0.275 e. The summed E-state index contributed by atoms with van der Waals surface area (Å²) in [5.74, 6) is -0.512. The second-order valence-corrected chi connectivity index (χ2v) is 5.24. The molecule has 22 heavy (non-hydrogen) atoms. The number of carbonyl (C=O) groups is 2. The number of fused-ring (bicyclic) bond motifs is 1. The number of nitrogens with zero attached hydrogens (tertiary/aromatic N) is 2. The van der Waals surface area contributed by atoms with Crippen molar-refractivity contribution in [1.29, 1.82) is 0 Å². The van der Waals surface area contributed by atoms with Crippen molar-refractivity contribution in [1.82, 2.24) is 0 Å². The number of hydrogen-bond donors (Lipinski definition) is 1. The fourth-order valence-corrected chi connectivity index (χ4v) is 2.46. The van der Waals surface area contributed by atoms with Crippen LogP contribution in [0, 0.1) is 6.92 Å². The molecule has 0 bridgehead atoms. The predicted molar refractivity (Wildman–Crippen MR) is 82.0 cm³/mol. The molecule has 5 heteroatoms. The van der Waals surface area contributed by atoms with Crippen LogP contribution in [0.5, 0.6) is 0 Å². The van der Waals surface area contributed by atoms with E-state index in [0.29, 0.717) is 22.0 Å². The molecule has 0 radical (unpaired) electrons. The number of nitrogens with one attached hydrogen (secondary N) is 1. The Kier molecular flexibility index (Phi) is 3.55. The van der Waals surface area contributed by atoms with Crippen molar-refractivity contribution >= 4 is 17.5 Å². The number of carbonyl (C=O) groups excluding carboxylic acids is 2. The van der Waals surface area contributed by atoms with Gasteiger partial charge in [-0.15, -0.1) is 0 Å². The van der Waals surface area contributed by atoms with E-state index >= 15 is 0 Å². The lowest BCUT2D eigenvalue weighted by molar-refractivity contribution is -0.119. The molecule has 0 aliphatic carbocycles.